The number of carbonyl (C=O) groups excluding carboxylic acids is 3. The molecule has 45 heavy (non-hydrogen) atoms. The summed E-state index contributed by atoms with van der Waals surface area (Å²) in [6.07, 6.45) is -8.19. The largest absolute Gasteiger partial charge is 0.515 e. The average Bonchev–Trinajstić information content (AvgIpc) is 2.85. The Morgan fingerprint density at radius 3 is 2.20 bits per heavy atom. The zero-order valence-electron chi connectivity index (χ0n) is 26.7. The molecule has 18 nitrogen and oxygen atoms in total. The Kier molecular flexibility index (Phi) is 9.34. The van der Waals surface area contributed by atoms with Gasteiger partial charge in [0.25, 0.3) is 5.88 Å². The van der Waals surface area contributed by atoms with Crippen LogP contribution < -0.4 is 20.3 Å². The van der Waals surface area contributed by atoms with Crippen LogP contribution >= 0.6 is 7.82 Å². The van der Waals surface area contributed by atoms with E-state index in [-0.39, 0.29) is 18.1 Å². The summed E-state index contributed by atoms with van der Waals surface area (Å²) in [5.74, 6) is -1.16. The normalized spacial score (nSPS) is 28.0. The molecule has 0 aliphatic carbocycles. The van der Waals surface area contributed by atoms with Crippen LogP contribution in [0.25, 0.3) is 0 Å². The summed E-state index contributed by atoms with van der Waals surface area (Å²) in [5.41, 5.74) is -3.02. The second-order valence-electron chi connectivity index (χ2n) is 13.3. The lowest BCUT2D eigenvalue weighted by atomic mass is 9.94. The van der Waals surface area contributed by atoms with Crippen molar-refractivity contribution in [2.45, 2.75) is 110 Å². The van der Waals surface area contributed by atoms with Crippen molar-refractivity contribution >= 4 is 43.6 Å². The molecule has 6 atom stereocenters. The number of hydrogen-bond donors (Lipinski definition) is 3. The van der Waals surface area contributed by atoms with Crippen LogP contribution in [0, 0.1) is 0 Å². The number of phosphoric acid groups is 1. The summed E-state index contributed by atoms with van der Waals surface area (Å²) in [6, 6.07) is -1.22. The Morgan fingerprint density at radius 2 is 1.62 bits per heavy atom. The summed E-state index contributed by atoms with van der Waals surface area (Å²) in [4.78, 5) is 48.6. The van der Waals surface area contributed by atoms with E-state index in [0.717, 1.165) is 12.0 Å². The van der Waals surface area contributed by atoms with E-state index in [2.05, 4.69) is 20.6 Å². The van der Waals surface area contributed by atoms with Crippen LogP contribution in [-0.4, -0.2) is 94.5 Å². The number of fused-ring (bicyclic) bond motifs is 3. The third kappa shape index (κ3) is 8.31. The Bertz CT molecular complexity index is 1370. The van der Waals surface area contributed by atoms with Crippen LogP contribution in [0.3, 0.4) is 0 Å². The number of carbonyl (C=O) groups is 3. The van der Waals surface area contributed by atoms with E-state index in [0.29, 0.717) is 0 Å². The number of ether oxygens (including phenoxy) is 5. The van der Waals surface area contributed by atoms with Crippen molar-refractivity contribution in [2.75, 3.05) is 29.3 Å². The van der Waals surface area contributed by atoms with Gasteiger partial charge in [0.05, 0.1) is 6.61 Å². The summed E-state index contributed by atoms with van der Waals surface area (Å²) < 4.78 is 56.1. The molecule has 3 aliphatic heterocycles. The van der Waals surface area contributed by atoms with E-state index in [1.165, 1.54) is 0 Å². The lowest BCUT2D eigenvalue weighted by Crippen LogP contribution is -2.69. The number of nitrogens with zero attached hydrogens (tertiary/aromatic N) is 3. The predicted octanol–water partition coefficient (Wildman–Crippen LogP) is 3.93. The van der Waals surface area contributed by atoms with Gasteiger partial charge in [-0.1, -0.05) is 0 Å². The van der Waals surface area contributed by atoms with Gasteiger partial charge in [-0.15, -0.1) is 0 Å². The maximum atomic E-state index is 13.8. The fourth-order valence-electron chi connectivity index (χ4n) is 4.41. The van der Waals surface area contributed by atoms with Crippen LogP contribution in [0.5, 0.6) is 5.88 Å². The molecule has 3 N–H and O–H groups in total. The van der Waals surface area contributed by atoms with Gasteiger partial charge < -0.3 is 34.1 Å². The molecule has 1 aromatic heterocycles. The van der Waals surface area contributed by atoms with Crippen molar-refractivity contribution in [1.29, 1.82) is 0 Å². The lowest BCUT2D eigenvalue weighted by Gasteiger charge is -2.51. The van der Waals surface area contributed by atoms with Gasteiger partial charge in [0.2, 0.25) is 5.95 Å². The first-order valence-electron chi connectivity index (χ1n) is 14.0. The number of aromatic nitrogens is 2. The Balaban J connectivity index is 1.84. The Hall–Kier alpha value is -3.28. The molecule has 0 spiro atoms. The molecule has 0 radical (unpaired) electrons. The topological polar surface area (TPSA) is 215 Å². The summed E-state index contributed by atoms with van der Waals surface area (Å²) in [5, 5.41) is 16.8. The summed E-state index contributed by atoms with van der Waals surface area (Å²) in [7, 11) is -2.89. The van der Waals surface area contributed by atoms with Gasteiger partial charge in [-0.25, -0.2) is 23.8 Å². The summed E-state index contributed by atoms with van der Waals surface area (Å²) >= 11 is 0. The molecule has 1 aromatic rings. The zero-order valence-corrected chi connectivity index (χ0v) is 27.6. The van der Waals surface area contributed by atoms with Crippen LogP contribution in [0.4, 0.5) is 31.8 Å². The van der Waals surface area contributed by atoms with Crippen molar-refractivity contribution in [3.05, 3.63) is 0 Å². The number of phosphoric ester groups is 1. The maximum Gasteiger partial charge on any atom is 0.515 e. The Morgan fingerprint density at radius 1 is 1.00 bits per heavy atom. The fraction of sp³-hybridized carbons (Fsp3) is 0.731. The Labute approximate surface area is 259 Å². The molecular formula is C26H40N5O13P. The van der Waals surface area contributed by atoms with E-state index in [9.17, 15) is 24.1 Å². The maximum absolute atomic E-state index is 13.8. The molecular weight excluding hydrogens is 621 g/mol. The van der Waals surface area contributed by atoms with E-state index >= 15 is 0 Å². The fourth-order valence-corrected chi connectivity index (χ4v) is 5.55. The number of amides is 2. The van der Waals surface area contributed by atoms with Crippen molar-refractivity contribution in [1.82, 2.24) is 9.97 Å². The van der Waals surface area contributed by atoms with Gasteiger partial charge in [-0.3, -0.25) is 18.9 Å². The van der Waals surface area contributed by atoms with Gasteiger partial charge in [0.1, 0.15) is 46.8 Å². The SMILES string of the molecule is COP1(=O)OC[C@H]2O[C@@H]3[C@@H](Nc4c(OC(=O)OC(C)(C)C)nc(NC(=O)OC(C)(C)C)nc4N3C(=O)OC(C)(C)C)[C@@H](O)[C@H]2O1. The van der Waals surface area contributed by atoms with E-state index in [1.54, 1.807) is 62.3 Å². The third-order valence-electron chi connectivity index (χ3n) is 5.99. The van der Waals surface area contributed by atoms with Crippen LogP contribution in [0.15, 0.2) is 0 Å². The van der Waals surface area contributed by atoms with E-state index in [1.807, 2.05) is 0 Å². The molecule has 2 fully saturated rings. The minimum absolute atomic E-state index is 0.175. The van der Waals surface area contributed by atoms with E-state index < -0.39 is 85.4 Å². The predicted molar refractivity (Wildman–Crippen MR) is 155 cm³/mol. The lowest BCUT2D eigenvalue weighted by molar-refractivity contribution is -0.198. The van der Waals surface area contributed by atoms with Gasteiger partial charge in [-0.05, 0) is 62.3 Å². The standard InChI is InChI=1S/C26H40N5O13P/c1-24(2,3)41-21(33)30-20-28-17-14(18(29-20)40-23(35)43-26(7,8)9)27-13-15(32)16-12(11-38-45(36,37-10)44-16)39-19(13)31(17)22(34)42-25(4,5)6/h12-13,15-16,19,27,32H,11H2,1-10H3,(H,28,29,30,33)/t12-,13+,15-,16+,19-,45?/m1/s1. The van der Waals surface area contributed by atoms with Crippen molar-refractivity contribution in [2.24, 2.45) is 0 Å². The van der Waals surface area contributed by atoms with Gasteiger partial charge in [0, 0.05) is 7.11 Å². The van der Waals surface area contributed by atoms with Crippen molar-refractivity contribution < 1.29 is 61.3 Å². The molecule has 0 saturated carbocycles. The first-order valence-corrected chi connectivity index (χ1v) is 15.5. The summed E-state index contributed by atoms with van der Waals surface area (Å²) in [6.45, 7) is 14.4. The number of anilines is 3. The first-order chi connectivity index (χ1) is 20.6. The van der Waals surface area contributed by atoms with E-state index in [4.69, 9.17) is 37.3 Å². The monoisotopic (exact) mass is 661 g/mol. The molecule has 2 saturated heterocycles. The third-order valence-corrected chi connectivity index (χ3v) is 7.40. The molecule has 3 aliphatic rings. The molecule has 2 amide bonds. The highest BCUT2D eigenvalue weighted by atomic mass is 31.2. The average molecular weight is 662 g/mol. The molecule has 252 valence electrons. The molecule has 1 unspecified atom stereocenters. The van der Waals surface area contributed by atoms with Crippen molar-refractivity contribution in [3.63, 3.8) is 0 Å². The van der Waals surface area contributed by atoms with Crippen LogP contribution in [-0.2, 0) is 37.1 Å². The second kappa shape index (κ2) is 12.1. The quantitative estimate of drug-likeness (QED) is 0.238. The highest BCUT2D eigenvalue weighted by Crippen LogP contribution is 2.55. The zero-order chi connectivity index (χ0) is 33.7. The number of rotatable bonds is 3. The van der Waals surface area contributed by atoms with Gasteiger partial charge in [0.15, 0.2) is 12.0 Å². The molecule has 4 rings (SSSR count). The first kappa shape index (κ1) is 34.6. The van der Waals surface area contributed by atoms with Gasteiger partial charge in [-0.2, -0.15) is 9.97 Å². The minimum atomic E-state index is -4.02. The molecule has 19 heteroatoms. The number of nitrogens with one attached hydrogen (secondary N) is 2. The van der Waals surface area contributed by atoms with Crippen LogP contribution in [0.1, 0.15) is 62.3 Å². The minimum Gasteiger partial charge on any atom is -0.444 e. The molecule has 0 bridgehead atoms. The molecule has 0 aromatic carbocycles. The van der Waals surface area contributed by atoms with Gasteiger partial charge >= 0.3 is 26.2 Å². The molecule has 4 heterocycles. The smallest absolute Gasteiger partial charge is 0.444 e. The highest BCUT2D eigenvalue weighted by Gasteiger charge is 2.57. The van der Waals surface area contributed by atoms with Crippen molar-refractivity contribution in [3.8, 4) is 5.88 Å². The van der Waals surface area contributed by atoms with Crippen LogP contribution in [0.2, 0.25) is 0 Å². The number of aliphatic hydroxyl groups is 1. The highest BCUT2D eigenvalue weighted by molar-refractivity contribution is 7.48. The number of aliphatic hydroxyl groups excluding tert-OH is 1. The second-order valence-corrected chi connectivity index (χ2v) is 15.0. The number of hydrogen-bond acceptors (Lipinski definition) is 16.